The van der Waals surface area contributed by atoms with Crippen LogP contribution < -0.4 is 0 Å². The molecule has 3 fully saturated rings. The third-order valence-corrected chi connectivity index (χ3v) is 9.29. The van der Waals surface area contributed by atoms with Gasteiger partial charge in [-0.15, -0.1) is 0 Å². The van der Waals surface area contributed by atoms with Gasteiger partial charge in [-0.25, -0.2) is 0 Å². The molecule has 0 saturated heterocycles. The Morgan fingerprint density at radius 2 is 1.75 bits per heavy atom. The minimum atomic E-state index is -0.961. The minimum Gasteiger partial charge on any atom is -0.451 e. The monoisotopic (exact) mass is 386 g/mol. The van der Waals surface area contributed by atoms with E-state index < -0.39 is 5.60 Å². The van der Waals surface area contributed by atoms with E-state index in [0.29, 0.717) is 36.5 Å². The Balaban J connectivity index is 1.73. The van der Waals surface area contributed by atoms with Gasteiger partial charge >= 0.3 is 5.97 Å². The molecule has 0 amide bonds. The summed E-state index contributed by atoms with van der Waals surface area (Å²) in [6.07, 6.45) is 8.19. The van der Waals surface area contributed by atoms with Crippen molar-refractivity contribution in [1.29, 1.82) is 0 Å². The van der Waals surface area contributed by atoms with E-state index in [4.69, 9.17) is 4.74 Å². The molecular weight excluding hydrogens is 352 g/mol. The van der Waals surface area contributed by atoms with Crippen LogP contribution in [0.15, 0.2) is 11.6 Å². The number of carbonyl (C=O) groups excluding carboxylic acids is 3. The lowest BCUT2D eigenvalue weighted by Gasteiger charge is -2.60. The van der Waals surface area contributed by atoms with Gasteiger partial charge in [0, 0.05) is 18.8 Å². The first-order valence-corrected chi connectivity index (χ1v) is 11.0. The maximum Gasteiger partial charge on any atom is 0.303 e. The third kappa shape index (κ3) is 2.45. The fourth-order valence-corrected chi connectivity index (χ4v) is 8.05. The van der Waals surface area contributed by atoms with Crippen molar-refractivity contribution < 1.29 is 19.1 Å². The van der Waals surface area contributed by atoms with Gasteiger partial charge in [0.05, 0.1) is 0 Å². The smallest absolute Gasteiger partial charge is 0.303 e. The van der Waals surface area contributed by atoms with Crippen molar-refractivity contribution in [2.75, 3.05) is 0 Å². The molecule has 4 aliphatic rings. The number of esters is 1. The number of carbonyl (C=O) groups is 3. The van der Waals surface area contributed by atoms with E-state index >= 15 is 0 Å². The zero-order valence-electron chi connectivity index (χ0n) is 18.0. The molecule has 154 valence electrons. The van der Waals surface area contributed by atoms with Crippen LogP contribution >= 0.6 is 0 Å². The van der Waals surface area contributed by atoms with Gasteiger partial charge in [-0.2, -0.15) is 0 Å². The molecule has 0 radical (unpaired) electrons. The molecule has 0 bridgehead atoms. The first-order valence-electron chi connectivity index (χ1n) is 11.0. The maximum atomic E-state index is 12.8. The number of hydrogen-bond acceptors (Lipinski definition) is 4. The minimum absolute atomic E-state index is 0.00469. The molecule has 28 heavy (non-hydrogen) atoms. The Labute approximate surface area is 168 Å². The second-order valence-corrected chi connectivity index (χ2v) is 10.5. The lowest BCUT2D eigenvalue weighted by Crippen LogP contribution is -2.59. The van der Waals surface area contributed by atoms with Crippen molar-refractivity contribution in [2.45, 2.75) is 85.2 Å². The number of fused-ring (bicyclic) bond motifs is 5. The molecule has 0 aromatic heterocycles. The molecule has 0 heterocycles. The third-order valence-electron chi connectivity index (χ3n) is 9.29. The fraction of sp³-hybridized carbons (Fsp3) is 0.792. The summed E-state index contributed by atoms with van der Waals surface area (Å²) in [6.45, 7) is 9.87. The van der Waals surface area contributed by atoms with E-state index in [9.17, 15) is 14.4 Å². The first kappa shape index (κ1) is 19.8. The summed E-state index contributed by atoms with van der Waals surface area (Å²) in [4.78, 5) is 36.8. The number of Topliss-reactive ketones (excluding diaryl/α,β-unsaturated/α-hetero) is 1. The van der Waals surface area contributed by atoms with Crippen molar-refractivity contribution in [3.63, 3.8) is 0 Å². The quantitative estimate of drug-likeness (QED) is 0.648. The molecular formula is C24H34O4. The van der Waals surface area contributed by atoms with Gasteiger partial charge in [0.25, 0.3) is 0 Å². The van der Waals surface area contributed by atoms with E-state index in [0.717, 1.165) is 32.1 Å². The molecule has 4 heteroatoms. The molecule has 0 spiro atoms. The summed E-state index contributed by atoms with van der Waals surface area (Å²) in [5, 5.41) is 0. The van der Waals surface area contributed by atoms with Crippen LogP contribution in [0.3, 0.4) is 0 Å². The molecule has 0 aromatic rings. The highest BCUT2D eigenvalue weighted by Gasteiger charge is 2.68. The number of ketones is 2. The maximum absolute atomic E-state index is 12.8. The van der Waals surface area contributed by atoms with Gasteiger partial charge < -0.3 is 4.74 Å². The van der Waals surface area contributed by atoms with Crippen molar-refractivity contribution in [3.05, 3.63) is 11.6 Å². The van der Waals surface area contributed by atoms with Crippen LogP contribution in [-0.2, 0) is 19.1 Å². The summed E-state index contributed by atoms with van der Waals surface area (Å²) < 4.78 is 5.84. The van der Waals surface area contributed by atoms with Gasteiger partial charge in [0.15, 0.2) is 17.2 Å². The van der Waals surface area contributed by atoms with Gasteiger partial charge in [-0.1, -0.05) is 26.3 Å². The Kier molecular flexibility index (Phi) is 4.45. The highest BCUT2D eigenvalue weighted by atomic mass is 16.6. The molecule has 4 rings (SSSR count). The van der Waals surface area contributed by atoms with E-state index in [1.807, 2.05) is 6.08 Å². The van der Waals surface area contributed by atoms with E-state index in [1.165, 1.54) is 12.5 Å². The molecule has 0 aliphatic heterocycles. The fourth-order valence-electron chi connectivity index (χ4n) is 8.05. The van der Waals surface area contributed by atoms with E-state index in [-0.39, 0.29) is 28.4 Å². The first-order chi connectivity index (χ1) is 13.0. The number of hydrogen-bond donors (Lipinski definition) is 0. The predicted octanol–water partition coefficient (Wildman–Crippen LogP) is 4.66. The standard InChI is InChI=1S/C24H34O4/c1-14-12-18-19(22(4)9-6-17(27)13-21(14)22)7-10-23(5)20(18)8-11-24(23,15(2)25)28-16(3)26/h13-14,18-20H,6-12H2,1-5H3/t14-,18+,19?,20?,22+,23-,24-/m0/s1. The SMILES string of the molecule is CC(=O)O[C@]1(C(C)=O)CCC2[C@@H]3C[C@H](C)C4=CC(=O)CC[C@]4(C)C3CC[C@@]21C. The average molecular weight is 387 g/mol. The predicted molar refractivity (Wildman–Crippen MR) is 106 cm³/mol. The normalized spacial score (nSPS) is 47.5. The lowest BCUT2D eigenvalue weighted by atomic mass is 9.44. The Morgan fingerprint density at radius 3 is 2.39 bits per heavy atom. The van der Waals surface area contributed by atoms with Crippen molar-refractivity contribution in [2.24, 2.45) is 34.5 Å². The summed E-state index contributed by atoms with van der Waals surface area (Å²) >= 11 is 0. The zero-order chi connectivity index (χ0) is 20.5. The summed E-state index contributed by atoms with van der Waals surface area (Å²) in [5.41, 5.74) is 0.218. The van der Waals surface area contributed by atoms with Gasteiger partial charge in [-0.05, 0) is 80.6 Å². The number of rotatable bonds is 2. The van der Waals surface area contributed by atoms with Gasteiger partial charge in [0.2, 0.25) is 0 Å². The largest absolute Gasteiger partial charge is 0.451 e. The second kappa shape index (κ2) is 6.27. The Morgan fingerprint density at radius 1 is 1.07 bits per heavy atom. The van der Waals surface area contributed by atoms with Crippen LogP contribution in [0.1, 0.15) is 79.6 Å². The topological polar surface area (TPSA) is 60.4 Å². The summed E-state index contributed by atoms with van der Waals surface area (Å²) in [5.74, 6) is 1.82. The highest BCUT2D eigenvalue weighted by Crippen LogP contribution is 2.69. The van der Waals surface area contributed by atoms with Gasteiger partial charge in [0.1, 0.15) is 0 Å². The molecule has 4 aliphatic carbocycles. The van der Waals surface area contributed by atoms with Crippen molar-refractivity contribution in [1.82, 2.24) is 0 Å². The highest BCUT2D eigenvalue weighted by molar-refractivity contribution is 5.92. The number of ether oxygens (including phenoxy) is 1. The molecule has 3 saturated carbocycles. The Bertz CT molecular complexity index is 767. The average Bonchev–Trinajstić information content (AvgIpc) is 2.90. The van der Waals surface area contributed by atoms with Crippen molar-refractivity contribution >= 4 is 17.5 Å². The van der Waals surface area contributed by atoms with E-state index in [2.05, 4.69) is 20.8 Å². The van der Waals surface area contributed by atoms with Crippen LogP contribution in [0.5, 0.6) is 0 Å². The summed E-state index contributed by atoms with van der Waals surface area (Å²) in [6, 6.07) is 0. The van der Waals surface area contributed by atoms with E-state index in [1.54, 1.807) is 6.92 Å². The summed E-state index contributed by atoms with van der Waals surface area (Å²) in [7, 11) is 0. The number of allylic oxidation sites excluding steroid dienone is 1. The molecule has 0 N–H and O–H groups in total. The second-order valence-electron chi connectivity index (χ2n) is 10.5. The van der Waals surface area contributed by atoms with Crippen LogP contribution in [0, 0.1) is 34.5 Å². The Hall–Kier alpha value is -1.45. The molecule has 4 nitrogen and oxygen atoms in total. The van der Waals surface area contributed by atoms with Crippen LogP contribution in [0.4, 0.5) is 0 Å². The molecule has 2 unspecified atom stereocenters. The van der Waals surface area contributed by atoms with Crippen LogP contribution in [0.2, 0.25) is 0 Å². The van der Waals surface area contributed by atoms with Crippen LogP contribution in [-0.4, -0.2) is 23.1 Å². The zero-order valence-corrected chi connectivity index (χ0v) is 18.0. The molecule has 7 atom stereocenters. The molecule has 0 aromatic carbocycles. The van der Waals surface area contributed by atoms with Gasteiger partial charge in [-0.3, -0.25) is 14.4 Å². The lowest BCUT2D eigenvalue weighted by molar-refractivity contribution is -0.187. The van der Waals surface area contributed by atoms with Crippen LogP contribution in [0.25, 0.3) is 0 Å². The van der Waals surface area contributed by atoms with Crippen molar-refractivity contribution in [3.8, 4) is 0 Å².